The van der Waals surface area contributed by atoms with Crippen LogP contribution in [0.2, 0.25) is 0 Å². The fourth-order valence-corrected chi connectivity index (χ4v) is 3.85. The van der Waals surface area contributed by atoms with Crippen LogP contribution >= 0.6 is 0 Å². The van der Waals surface area contributed by atoms with Crippen molar-refractivity contribution in [2.24, 2.45) is 11.8 Å². The molecule has 0 aromatic carbocycles. The van der Waals surface area contributed by atoms with E-state index >= 15 is 0 Å². The number of hydrazine groups is 1. The molecule has 0 radical (unpaired) electrons. The van der Waals surface area contributed by atoms with Crippen molar-refractivity contribution in [3.8, 4) is 0 Å². The van der Waals surface area contributed by atoms with Crippen molar-refractivity contribution in [3.63, 3.8) is 0 Å². The summed E-state index contributed by atoms with van der Waals surface area (Å²) >= 11 is 0. The summed E-state index contributed by atoms with van der Waals surface area (Å²) in [4.78, 5) is 18.4. The largest absolute Gasteiger partial charge is 0.342 e. The number of piperidine rings is 1. The van der Waals surface area contributed by atoms with Gasteiger partial charge in [-0.15, -0.1) is 0 Å². The highest BCUT2D eigenvalue weighted by atomic mass is 16.2. The molecule has 1 saturated carbocycles. The Morgan fingerprint density at radius 2 is 2.12 bits per heavy atom. The van der Waals surface area contributed by atoms with Crippen LogP contribution in [0.3, 0.4) is 0 Å². The molecule has 0 bridgehead atoms. The Morgan fingerprint density at radius 1 is 1.29 bits per heavy atom. The second kappa shape index (κ2) is 7.17. The number of aromatic nitrogens is 1. The van der Waals surface area contributed by atoms with E-state index in [9.17, 15) is 4.79 Å². The van der Waals surface area contributed by atoms with E-state index in [0.717, 1.165) is 51.9 Å². The van der Waals surface area contributed by atoms with Crippen LogP contribution in [0.4, 0.5) is 0 Å². The molecule has 2 atom stereocenters. The smallest absolute Gasteiger partial charge is 0.225 e. The van der Waals surface area contributed by atoms with Gasteiger partial charge in [-0.1, -0.05) is 6.07 Å². The fraction of sp³-hybridized carbons (Fsp3) is 0.667. The summed E-state index contributed by atoms with van der Waals surface area (Å²) in [7, 11) is 0. The first-order valence-electron chi connectivity index (χ1n) is 9.22. The normalized spacial score (nSPS) is 28.2. The van der Waals surface area contributed by atoms with Crippen molar-refractivity contribution in [2.45, 2.75) is 37.8 Å². The van der Waals surface area contributed by atoms with E-state index in [-0.39, 0.29) is 0 Å². The van der Waals surface area contributed by atoms with E-state index < -0.39 is 0 Å². The maximum atomic E-state index is 12.1. The van der Waals surface area contributed by atoms with Crippen molar-refractivity contribution in [1.82, 2.24) is 26.1 Å². The minimum atomic E-state index is 0.308. The van der Waals surface area contributed by atoms with E-state index in [1.165, 1.54) is 5.56 Å². The minimum absolute atomic E-state index is 0.308. The molecule has 130 valence electrons. The van der Waals surface area contributed by atoms with Gasteiger partial charge >= 0.3 is 0 Å². The highest BCUT2D eigenvalue weighted by Crippen LogP contribution is 2.32. The molecule has 1 aliphatic carbocycles. The van der Waals surface area contributed by atoms with Crippen LogP contribution in [0.1, 0.15) is 37.3 Å². The Hall–Kier alpha value is -1.50. The lowest BCUT2D eigenvalue weighted by atomic mass is 9.95. The van der Waals surface area contributed by atoms with Gasteiger partial charge in [0.25, 0.3) is 0 Å². The predicted molar refractivity (Wildman–Crippen MR) is 91.9 cm³/mol. The zero-order valence-corrected chi connectivity index (χ0v) is 14.1. The molecule has 1 amide bonds. The van der Waals surface area contributed by atoms with Gasteiger partial charge in [0.2, 0.25) is 5.91 Å². The summed E-state index contributed by atoms with van der Waals surface area (Å²) in [6.45, 7) is 3.78. The van der Waals surface area contributed by atoms with Crippen LogP contribution < -0.4 is 16.2 Å². The molecule has 3 heterocycles. The molecule has 3 N–H and O–H groups in total. The van der Waals surface area contributed by atoms with Gasteiger partial charge in [-0.05, 0) is 37.3 Å². The topological polar surface area (TPSA) is 69.3 Å². The van der Waals surface area contributed by atoms with Crippen LogP contribution in [0, 0.1) is 11.8 Å². The molecule has 1 aromatic heterocycles. The number of hydrogen-bond donors (Lipinski definition) is 3. The summed E-state index contributed by atoms with van der Waals surface area (Å²) in [6.07, 6.45) is 8.12. The van der Waals surface area contributed by atoms with Crippen molar-refractivity contribution in [3.05, 3.63) is 30.1 Å². The van der Waals surface area contributed by atoms with Crippen LogP contribution in [-0.4, -0.2) is 48.0 Å². The Kier molecular flexibility index (Phi) is 4.78. The molecule has 24 heavy (non-hydrogen) atoms. The van der Waals surface area contributed by atoms with Gasteiger partial charge in [-0.3, -0.25) is 15.2 Å². The van der Waals surface area contributed by atoms with Gasteiger partial charge in [-0.25, -0.2) is 5.43 Å². The SMILES string of the molecule is O=C(C1CC1)N1CCC(NCC2CNNC2c2cccnc2)CC1. The lowest BCUT2D eigenvalue weighted by molar-refractivity contribution is -0.133. The van der Waals surface area contributed by atoms with Crippen molar-refractivity contribution < 1.29 is 4.79 Å². The maximum Gasteiger partial charge on any atom is 0.225 e. The monoisotopic (exact) mass is 329 g/mol. The van der Waals surface area contributed by atoms with Gasteiger partial charge in [-0.2, -0.15) is 0 Å². The summed E-state index contributed by atoms with van der Waals surface area (Å²) in [5.74, 6) is 1.26. The quantitative estimate of drug-likeness (QED) is 0.747. The number of carbonyl (C=O) groups excluding carboxylic acids is 1. The molecule has 6 nitrogen and oxygen atoms in total. The van der Waals surface area contributed by atoms with Crippen LogP contribution in [0.15, 0.2) is 24.5 Å². The standard InChI is InChI=1S/C18H27N5O/c24-18(13-3-4-13)23-8-5-16(6-9-23)20-11-15-12-21-22-17(15)14-2-1-7-19-10-14/h1-2,7,10,13,15-17,20-22H,3-6,8-9,11-12H2. The van der Waals surface area contributed by atoms with Crippen LogP contribution in [0.25, 0.3) is 0 Å². The third-order valence-corrected chi connectivity index (χ3v) is 5.54. The van der Waals surface area contributed by atoms with E-state index in [1.54, 1.807) is 0 Å². The van der Waals surface area contributed by atoms with Crippen molar-refractivity contribution >= 4 is 5.91 Å². The predicted octanol–water partition coefficient (Wildman–Crippen LogP) is 0.837. The number of pyridine rings is 1. The number of rotatable bonds is 5. The maximum absolute atomic E-state index is 12.1. The van der Waals surface area contributed by atoms with E-state index in [1.807, 2.05) is 18.5 Å². The Morgan fingerprint density at radius 3 is 2.83 bits per heavy atom. The van der Waals surface area contributed by atoms with Crippen molar-refractivity contribution in [1.29, 1.82) is 0 Å². The molecule has 3 fully saturated rings. The van der Waals surface area contributed by atoms with Gasteiger partial charge in [0.15, 0.2) is 0 Å². The molecular formula is C18H27N5O. The van der Waals surface area contributed by atoms with Gasteiger partial charge in [0.1, 0.15) is 0 Å². The summed E-state index contributed by atoms with van der Waals surface area (Å²) in [6, 6.07) is 4.96. The number of nitrogens with one attached hydrogen (secondary N) is 3. The number of hydrogen-bond acceptors (Lipinski definition) is 5. The Labute approximate surface area is 143 Å². The molecule has 4 rings (SSSR count). The Bertz CT molecular complexity index is 554. The van der Waals surface area contributed by atoms with Gasteiger partial charge in [0, 0.05) is 56.5 Å². The zero-order valence-electron chi connectivity index (χ0n) is 14.1. The fourth-order valence-electron chi connectivity index (χ4n) is 3.85. The van der Waals surface area contributed by atoms with Gasteiger partial charge < -0.3 is 10.2 Å². The molecule has 2 saturated heterocycles. The molecule has 3 aliphatic rings. The first-order valence-corrected chi connectivity index (χ1v) is 9.22. The Balaban J connectivity index is 1.24. The second-order valence-electron chi connectivity index (χ2n) is 7.33. The molecule has 0 spiro atoms. The van der Waals surface area contributed by atoms with Gasteiger partial charge in [0.05, 0.1) is 6.04 Å². The third kappa shape index (κ3) is 3.61. The molecule has 1 aromatic rings. The zero-order chi connectivity index (χ0) is 16.4. The van der Waals surface area contributed by atoms with Crippen LogP contribution in [0.5, 0.6) is 0 Å². The summed E-state index contributed by atoms with van der Waals surface area (Å²) in [5, 5.41) is 3.73. The van der Waals surface area contributed by atoms with Crippen molar-refractivity contribution in [2.75, 3.05) is 26.2 Å². The van der Waals surface area contributed by atoms with E-state index in [4.69, 9.17) is 0 Å². The summed E-state index contributed by atoms with van der Waals surface area (Å²) in [5.41, 5.74) is 7.88. The molecular weight excluding hydrogens is 302 g/mol. The highest BCUT2D eigenvalue weighted by molar-refractivity contribution is 5.81. The number of amides is 1. The number of likely N-dealkylation sites (tertiary alicyclic amines) is 1. The molecule has 6 heteroatoms. The molecule has 2 unspecified atom stereocenters. The summed E-state index contributed by atoms with van der Waals surface area (Å²) < 4.78 is 0. The van der Waals surface area contributed by atoms with E-state index in [2.05, 4.69) is 32.1 Å². The number of carbonyl (C=O) groups is 1. The average molecular weight is 329 g/mol. The lowest BCUT2D eigenvalue weighted by Crippen LogP contribution is -2.46. The minimum Gasteiger partial charge on any atom is -0.342 e. The lowest BCUT2D eigenvalue weighted by Gasteiger charge is -2.33. The second-order valence-corrected chi connectivity index (χ2v) is 7.33. The number of nitrogens with zero attached hydrogens (tertiary/aromatic N) is 2. The first kappa shape index (κ1) is 16.0. The molecule has 2 aliphatic heterocycles. The van der Waals surface area contributed by atoms with Crippen LogP contribution in [-0.2, 0) is 4.79 Å². The average Bonchev–Trinajstić information content (AvgIpc) is 3.38. The van der Waals surface area contributed by atoms with E-state index in [0.29, 0.717) is 29.8 Å². The first-order chi connectivity index (χ1) is 11.8. The third-order valence-electron chi connectivity index (χ3n) is 5.54. The highest BCUT2D eigenvalue weighted by Gasteiger charge is 2.35.